The Kier molecular flexibility index (Phi) is 7.78. The molecule has 4 nitrogen and oxygen atoms in total. The molecule has 0 amide bonds. The number of hydrogen-bond donors (Lipinski definition) is 0. The smallest absolute Gasteiger partial charge is 0.228 e. The van der Waals surface area contributed by atoms with E-state index in [0.717, 1.165) is 94.3 Å². The number of nitrogens with zero attached hydrogens (tertiary/aromatic N) is 2. The molecule has 0 bridgehead atoms. The Morgan fingerprint density at radius 1 is 0.351 bits per heavy atom. The summed E-state index contributed by atoms with van der Waals surface area (Å²) in [5.74, 6) is 0.573. The summed E-state index contributed by atoms with van der Waals surface area (Å²) < 4.78 is 13.2. The third-order valence-corrected chi connectivity index (χ3v) is 10.9. The maximum absolute atomic E-state index is 6.83. The van der Waals surface area contributed by atoms with E-state index >= 15 is 0 Å². The Morgan fingerprint density at radius 2 is 0.912 bits per heavy atom. The lowest BCUT2D eigenvalue weighted by Gasteiger charge is -2.28. The highest BCUT2D eigenvalue weighted by atomic mass is 16.3. The summed E-state index contributed by atoms with van der Waals surface area (Å²) in [7, 11) is 0. The lowest BCUT2D eigenvalue weighted by Crippen LogP contribution is -2.11. The number of aromatic nitrogens is 1. The van der Waals surface area contributed by atoms with E-state index in [-0.39, 0.29) is 0 Å². The number of anilines is 3. The summed E-state index contributed by atoms with van der Waals surface area (Å²) in [4.78, 5) is 7.28. The van der Waals surface area contributed by atoms with Crippen molar-refractivity contribution in [2.24, 2.45) is 0 Å². The lowest BCUT2D eigenvalue weighted by molar-refractivity contribution is 0.620. The van der Waals surface area contributed by atoms with Crippen LogP contribution in [-0.4, -0.2) is 4.98 Å². The molecule has 0 N–H and O–H groups in total. The normalized spacial score (nSPS) is 11.5. The molecule has 0 aliphatic carbocycles. The van der Waals surface area contributed by atoms with Crippen LogP contribution in [0.1, 0.15) is 0 Å². The molecule has 0 fully saturated rings. The Balaban J connectivity index is 1.18. The second-order valence-corrected chi connectivity index (χ2v) is 14.3. The Bertz CT molecular complexity index is 3130. The molecule has 0 aliphatic rings. The SMILES string of the molecule is c1ccc(-c2ccc(N(c3cc(-c4ccccc4)cc(-c4ccccc4)c3)c3cc4oc5cccc(-c6nc7ccccc7o6)c5c4c4ccccc34)cc2)cc1. The standard InChI is InChI=1S/C53H34N2O2/c1-4-15-35(16-5-1)38-27-29-41(30-28-38)55(42-32-39(36-17-6-2-7-18-36)31-40(33-42)37-19-8-3-9-20-37)47-34-50-51(44-22-11-10-21-43(44)47)52-45(23-14-26-49(52)56-50)53-54-46-24-12-13-25-48(46)57-53/h1-34H. The van der Waals surface area contributed by atoms with Gasteiger partial charge in [-0.3, -0.25) is 0 Å². The summed E-state index contributed by atoms with van der Waals surface area (Å²) in [6.45, 7) is 0. The van der Waals surface area contributed by atoms with Crippen molar-refractivity contribution in [3.63, 3.8) is 0 Å². The van der Waals surface area contributed by atoms with Crippen LogP contribution >= 0.6 is 0 Å². The Labute approximate surface area is 329 Å². The molecule has 268 valence electrons. The minimum atomic E-state index is 0.573. The lowest BCUT2D eigenvalue weighted by atomic mass is 9.96. The third kappa shape index (κ3) is 5.74. The van der Waals surface area contributed by atoms with Gasteiger partial charge in [0, 0.05) is 39.2 Å². The number of rotatable bonds is 7. The highest BCUT2D eigenvalue weighted by Gasteiger charge is 2.24. The summed E-state index contributed by atoms with van der Waals surface area (Å²) >= 11 is 0. The van der Waals surface area contributed by atoms with Crippen LogP contribution in [0.25, 0.3) is 88.6 Å². The quantitative estimate of drug-likeness (QED) is 0.164. The summed E-state index contributed by atoms with van der Waals surface area (Å²) in [6, 6.07) is 72.4. The molecule has 9 aromatic carbocycles. The second-order valence-electron chi connectivity index (χ2n) is 14.3. The van der Waals surface area contributed by atoms with E-state index in [9.17, 15) is 0 Å². The fraction of sp³-hybridized carbons (Fsp3) is 0. The minimum absolute atomic E-state index is 0.573. The van der Waals surface area contributed by atoms with E-state index in [4.69, 9.17) is 13.8 Å². The third-order valence-electron chi connectivity index (χ3n) is 10.9. The van der Waals surface area contributed by atoms with Gasteiger partial charge in [-0.15, -0.1) is 0 Å². The predicted molar refractivity (Wildman–Crippen MR) is 235 cm³/mol. The summed E-state index contributed by atoms with van der Waals surface area (Å²) in [6.07, 6.45) is 0. The van der Waals surface area contributed by atoms with E-state index in [1.54, 1.807) is 0 Å². The largest absolute Gasteiger partial charge is 0.456 e. The zero-order valence-corrected chi connectivity index (χ0v) is 30.8. The molecule has 0 saturated heterocycles. The van der Waals surface area contributed by atoms with Crippen molar-refractivity contribution in [1.82, 2.24) is 4.98 Å². The van der Waals surface area contributed by atoms with Crippen LogP contribution in [0.15, 0.2) is 215 Å². The molecule has 11 rings (SSSR count). The van der Waals surface area contributed by atoms with Crippen molar-refractivity contribution in [2.75, 3.05) is 4.90 Å². The van der Waals surface area contributed by atoms with Crippen LogP contribution in [0.3, 0.4) is 0 Å². The van der Waals surface area contributed by atoms with Crippen LogP contribution in [0.5, 0.6) is 0 Å². The van der Waals surface area contributed by atoms with E-state index < -0.39 is 0 Å². The van der Waals surface area contributed by atoms with Gasteiger partial charge < -0.3 is 13.7 Å². The maximum atomic E-state index is 6.83. The van der Waals surface area contributed by atoms with Crippen LogP contribution in [0, 0.1) is 0 Å². The Hall–Kier alpha value is -7.69. The van der Waals surface area contributed by atoms with Gasteiger partial charge in [0.1, 0.15) is 16.7 Å². The van der Waals surface area contributed by atoms with Gasteiger partial charge in [-0.2, -0.15) is 0 Å². The van der Waals surface area contributed by atoms with Crippen LogP contribution in [0.4, 0.5) is 17.1 Å². The number of benzene rings is 9. The van der Waals surface area contributed by atoms with Crippen molar-refractivity contribution in [3.05, 3.63) is 206 Å². The van der Waals surface area contributed by atoms with Crippen LogP contribution in [-0.2, 0) is 0 Å². The second kappa shape index (κ2) is 13.6. The zero-order valence-electron chi connectivity index (χ0n) is 30.8. The fourth-order valence-corrected chi connectivity index (χ4v) is 8.21. The predicted octanol–water partition coefficient (Wildman–Crippen LogP) is 15.0. The first-order valence-electron chi connectivity index (χ1n) is 19.2. The van der Waals surface area contributed by atoms with Gasteiger partial charge in [0.15, 0.2) is 5.58 Å². The zero-order chi connectivity index (χ0) is 37.7. The first-order valence-corrected chi connectivity index (χ1v) is 19.2. The first kappa shape index (κ1) is 32.7. The molecule has 57 heavy (non-hydrogen) atoms. The van der Waals surface area contributed by atoms with E-state index in [1.807, 2.05) is 36.4 Å². The molecule has 4 heteroatoms. The fourth-order valence-electron chi connectivity index (χ4n) is 8.21. The molecular weight excluding hydrogens is 697 g/mol. The molecule has 0 atom stereocenters. The van der Waals surface area contributed by atoms with Gasteiger partial charge in [0.25, 0.3) is 0 Å². The molecule has 0 aliphatic heterocycles. The van der Waals surface area contributed by atoms with Crippen LogP contribution < -0.4 is 4.90 Å². The van der Waals surface area contributed by atoms with Crippen molar-refractivity contribution >= 4 is 60.9 Å². The van der Waals surface area contributed by atoms with Gasteiger partial charge in [-0.05, 0) is 93.4 Å². The van der Waals surface area contributed by atoms with Gasteiger partial charge in [0.2, 0.25) is 5.89 Å². The van der Waals surface area contributed by atoms with Crippen molar-refractivity contribution in [2.45, 2.75) is 0 Å². The Morgan fingerprint density at radius 3 is 1.58 bits per heavy atom. The molecule has 0 radical (unpaired) electrons. The average Bonchev–Trinajstić information content (AvgIpc) is 3.90. The van der Waals surface area contributed by atoms with Crippen molar-refractivity contribution < 1.29 is 8.83 Å². The van der Waals surface area contributed by atoms with Gasteiger partial charge in [-0.25, -0.2) is 4.98 Å². The number of furan rings is 1. The van der Waals surface area contributed by atoms with Gasteiger partial charge in [0.05, 0.1) is 5.69 Å². The van der Waals surface area contributed by atoms with Crippen molar-refractivity contribution in [3.8, 4) is 44.8 Å². The van der Waals surface area contributed by atoms with Gasteiger partial charge in [-0.1, -0.05) is 146 Å². The van der Waals surface area contributed by atoms with E-state index in [0.29, 0.717) is 5.89 Å². The summed E-state index contributed by atoms with van der Waals surface area (Å²) in [5.41, 5.74) is 14.0. The topological polar surface area (TPSA) is 42.4 Å². The molecule has 2 aromatic heterocycles. The number of para-hydroxylation sites is 2. The minimum Gasteiger partial charge on any atom is -0.456 e. The first-order chi connectivity index (χ1) is 28.2. The number of hydrogen-bond acceptors (Lipinski definition) is 4. The monoisotopic (exact) mass is 730 g/mol. The molecule has 2 heterocycles. The molecular formula is C53H34N2O2. The van der Waals surface area contributed by atoms with Crippen molar-refractivity contribution in [1.29, 1.82) is 0 Å². The summed E-state index contributed by atoms with van der Waals surface area (Å²) in [5, 5.41) is 4.20. The van der Waals surface area contributed by atoms with E-state index in [2.05, 4.69) is 175 Å². The highest BCUT2D eigenvalue weighted by Crippen LogP contribution is 2.48. The number of oxazole rings is 1. The van der Waals surface area contributed by atoms with Crippen LogP contribution in [0.2, 0.25) is 0 Å². The number of fused-ring (bicyclic) bond motifs is 6. The molecule has 0 unspecified atom stereocenters. The van der Waals surface area contributed by atoms with E-state index in [1.165, 1.54) is 5.56 Å². The van der Waals surface area contributed by atoms with Gasteiger partial charge >= 0.3 is 0 Å². The average molecular weight is 731 g/mol. The molecule has 0 saturated carbocycles. The maximum Gasteiger partial charge on any atom is 0.228 e. The molecule has 0 spiro atoms. The highest BCUT2D eigenvalue weighted by molar-refractivity contribution is 6.25. The molecule has 11 aromatic rings.